The summed E-state index contributed by atoms with van der Waals surface area (Å²) in [6.07, 6.45) is 0.672. The van der Waals surface area contributed by atoms with E-state index in [-0.39, 0.29) is 30.0 Å². The van der Waals surface area contributed by atoms with E-state index in [1.807, 2.05) is 32.0 Å². The third-order valence-electron chi connectivity index (χ3n) is 4.15. The molecule has 1 amide bonds. The summed E-state index contributed by atoms with van der Waals surface area (Å²) in [4.78, 5) is 12.6. The van der Waals surface area contributed by atoms with Gasteiger partial charge in [0, 0.05) is 23.2 Å². The maximum atomic E-state index is 12.6. The number of fused-ring (bicyclic) bond motifs is 1. The molecule has 134 valence electrons. The number of nitrogen functional groups attached to an aromatic ring is 1. The number of benzene rings is 2. The second-order valence-electron chi connectivity index (χ2n) is 6.62. The van der Waals surface area contributed by atoms with Crippen LogP contribution >= 0.6 is 12.4 Å². The van der Waals surface area contributed by atoms with Gasteiger partial charge in [-0.3, -0.25) is 4.79 Å². The van der Waals surface area contributed by atoms with Crippen LogP contribution in [0.1, 0.15) is 42.2 Å². The predicted molar refractivity (Wildman–Crippen MR) is 101 cm³/mol. The summed E-state index contributed by atoms with van der Waals surface area (Å²) in [7, 11) is 1.60. The number of carbonyl (C=O) groups is 1. The van der Waals surface area contributed by atoms with Crippen molar-refractivity contribution in [3.8, 4) is 11.5 Å². The van der Waals surface area contributed by atoms with Crippen LogP contribution in [0, 0.1) is 0 Å². The lowest BCUT2D eigenvalue weighted by Gasteiger charge is -2.38. The molecule has 3 N–H and O–H groups in total. The van der Waals surface area contributed by atoms with Gasteiger partial charge in [-0.15, -0.1) is 12.4 Å². The molecule has 0 aliphatic carbocycles. The Labute approximate surface area is 153 Å². The van der Waals surface area contributed by atoms with E-state index in [4.69, 9.17) is 15.2 Å². The van der Waals surface area contributed by atoms with E-state index < -0.39 is 0 Å². The van der Waals surface area contributed by atoms with E-state index in [0.29, 0.717) is 17.7 Å². The van der Waals surface area contributed by atoms with Gasteiger partial charge in [0.05, 0.1) is 13.2 Å². The molecule has 1 aliphatic heterocycles. The summed E-state index contributed by atoms with van der Waals surface area (Å²) in [6, 6.07) is 12.4. The number of nitrogens with two attached hydrogens (primary N) is 1. The molecule has 1 heterocycles. The summed E-state index contributed by atoms with van der Waals surface area (Å²) < 4.78 is 11.1. The zero-order valence-corrected chi connectivity index (χ0v) is 15.4. The zero-order chi connectivity index (χ0) is 17.3. The predicted octanol–water partition coefficient (Wildman–Crippen LogP) is 3.73. The van der Waals surface area contributed by atoms with E-state index in [0.717, 1.165) is 17.1 Å². The molecule has 1 atom stereocenters. The number of carbonyl (C=O) groups excluding carboxylic acids is 1. The fourth-order valence-electron chi connectivity index (χ4n) is 2.99. The van der Waals surface area contributed by atoms with Gasteiger partial charge in [0.25, 0.3) is 5.91 Å². The Morgan fingerprint density at radius 1 is 1.24 bits per heavy atom. The second-order valence-corrected chi connectivity index (χ2v) is 6.62. The second kappa shape index (κ2) is 7.23. The van der Waals surface area contributed by atoms with Crippen LogP contribution in [0.4, 0.5) is 5.69 Å². The Morgan fingerprint density at radius 2 is 1.92 bits per heavy atom. The minimum absolute atomic E-state index is 0. The first-order chi connectivity index (χ1) is 11.4. The lowest BCUT2D eigenvalue weighted by atomic mass is 9.89. The lowest BCUT2D eigenvalue weighted by Crippen LogP contribution is -2.41. The molecule has 2 aromatic rings. The van der Waals surface area contributed by atoms with Crippen LogP contribution < -0.4 is 20.5 Å². The number of hydrogen-bond acceptors (Lipinski definition) is 4. The van der Waals surface area contributed by atoms with Gasteiger partial charge in [-0.1, -0.05) is 0 Å². The van der Waals surface area contributed by atoms with Crippen LogP contribution in [0.3, 0.4) is 0 Å². The SMILES string of the molecule is COc1ccc(C(=O)NC2CC(C)(C)Oc3ccc(N)cc32)cc1.Cl. The van der Waals surface area contributed by atoms with Crippen molar-refractivity contribution in [2.75, 3.05) is 12.8 Å². The van der Waals surface area contributed by atoms with Crippen molar-refractivity contribution in [3.63, 3.8) is 0 Å². The minimum Gasteiger partial charge on any atom is -0.497 e. The average Bonchev–Trinajstić information content (AvgIpc) is 2.55. The molecule has 0 fully saturated rings. The highest BCUT2D eigenvalue weighted by Crippen LogP contribution is 2.40. The standard InChI is InChI=1S/C19H22N2O3.ClH/c1-19(2)11-16(15-10-13(20)6-9-17(15)24-19)21-18(22)12-4-7-14(23-3)8-5-12;/h4-10,16H,11,20H2,1-3H3,(H,21,22);1H. The highest BCUT2D eigenvalue weighted by Gasteiger charge is 2.34. The first-order valence-corrected chi connectivity index (χ1v) is 7.91. The number of anilines is 1. The molecule has 25 heavy (non-hydrogen) atoms. The Kier molecular flexibility index (Phi) is 5.48. The van der Waals surface area contributed by atoms with Crippen molar-refractivity contribution in [1.29, 1.82) is 0 Å². The number of ether oxygens (including phenoxy) is 2. The van der Waals surface area contributed by atoms with E-state index in [1.54, 1.807) is 31.4 Å². The Hall–Kier alpha value is -2.40. The van der Waals surface area contributed by atoms with Crippen LogP contribution in [0.15, 0.2) is 42.5 Å². The summed E-state index contributed by atoms with van der Waals surface area (Å²) in [6.45, 7) is 4.03. The highest BCUT2D eigenvalue weighted by molar-refractivity contribution is 5.94. The molecule has 1 unspecified atom stereocenters. The van der Waals surface area contributed by atoms with Crippen LogP contribution in [0.2, 0.25) is 0 Å². The molecule has 0 spiro atoms. The van der Waals surface area contributed by atoms with E-state index in [1.165, 1.54) is 0 Å². The van der Waals surface area contributed by atoms with Gasteiger partial charge in [0.2, 0.25) is 0 Å². The molecule has 1 aliphatic rings. The normalized spacial score (nSPS) is 17.5. The lowest BCUT2D eigenvalue weighted by molar-refractivity contribution is 0.0620. The number of hydrogen-bond donors (Lipinski definition) is 2. The van der Waals surface area contributed by atoms with Crippen molar-refractivity contribution < 1.29 is 14.3 Å². The zero-order valence-electron chi connectivity index (χ0n) is 14.5. The van der Waals surface area contributed by atoms with Crippen LogP contribution in [0.5, 0.6) is 11.5 Å². The maximum Gasteiger partial charge on any atom is 0.251 e. The highest BCUT2D eigenvalue weighted by atomic mass is 35.5. The molecule has 0 aromatic heterocycles. The molecular formula is C19H23ClN2O3. The number of rotatable bonds is 3. The average molecular weight is 363 g/mol. The number of methoxy groups -OCH3 is 1. The van der Waals surface area contributed by atoms with Gasteiger partial charge in [-0.2, -0.15) is 0 Å². The molecule has 5 nitrogen and oxygen atoms in total. The smallest absolute Gasteiger partial charge is 0.251 e. The van der Waals surface area contributed by atoms with Crippen LogP contribution in [-0.2, 0) is 0 Å². The quantitative estimate of drug-likeness (QED) is 0.816. The molecule has 6 heteroatoms. The van der Waals surface area contributed by atoms with Crippen molar-refractivity contribution in [2.24, 2.45) is 0 Å². The van der Waals surface area contributed by atoms with Crippen LogP contribution in [0.25, 0.3) is 0 Å². The molecule has 3 rings (SSSR count). The summed E-state index contributed by atoms with van der Waals surface area (Å²) >= 11 is 0. The van der Waals surface area contributed by atoms with Gasteiger partial charge in [0.1, 0.15) is 17.1 Å². The maximum absolute atomic E-state index is 12.6. The first-order valence-electron chi connectivity index (χ1n) is 7.91. The number of nitrogens with one attached hydrogen (secondary N) is 1. The fourth-order valence-corrected chi connectivity index (χ4v) is 2.99. The molecule has 0 bridgehead atoms. The van der Waals surface area contributed by atoms with Gasteiger partial charge < -0.3 is 20.5 Å². The largest absolute Gasteiger partial charge is 0.497 e. The Morgan fingerprint density at radius 3 is 2.56 bits per heavy atom. The molecular weight excluding hydrogens is 340 g/mol. The Bertz CT molecular complexity index is 760. The summed E-state index contributed by atoms with van der Waals surface area (Å²) in [5.41, 5.74) is 7.70. The van der Waals surface area contributed by atoms with Crippen molar-refractivity contribution in [1.82, 2.24) is 5.32 Å². The number of amides is 1. The fraction of sp³-hybridized carbons (Fsp3) is 0.316. The van der Waals surface area contributed by atoms with Crippen LogP contribution in [-0.4, -0.2) is 18.6 Å². The van der Waals surface area contributed by atoms with Gasteiger partial charge in [-0.05, 0) is 56.3 Å². The molecule has 0 radical (unpaired) electrons. The Balaban J connectivity index is 0.00000225. The summed E-state index contributed by atoms with van der Waals surface area (Å²) in [5.74, 6) is 1.35. The monoisotopic (exact) mass is 362 g/mol. The molecule has 2 aromatic carbocycles. The van der Waals surface area contributed by atoms with Crippen molar-refractivity contribution in [3.05, 3.63) is 53.6 Å². The number of halogens is 1. The van der Waals surface area contributed by atoms with E-state index in [9.17, 15) is 4.79 Å². The van der Waals surface area contributed by atoms with Gasteiger partial charge in [-0.25, -0.2) is 0 Å². The van der Waals surface area contributed by atoms with E-state index in [2.05, 4.69) is 5.32 Å². The topological polar surface area (TPSA) is 73.6 Å². The third-order valence-corrected chi connectivity index (χ3v) is 4.15. The van der Waals surface area contributed by atoms with Gasteiger partial charge in [0.15, 0.2) is 0 Å². The third kappa shape index (κ3) is 4.17. The molecule has 0 saturated heterocycles. The van der Waals surface area contributed by atoms with Gasteiger partial charge >= 0.3 is 0 Å². The summed E-state index contributed by atoms with van der Waals surface area (Å²) in [5, 5.41) is 3.10. The minimum atomic E-state index is -0.360. The van der Waals surface area contributed by atoms with E-state index >= 15 is 0 Å². The first kappa shape index (κ1) is 18.9. The van der Waals surface area contributed by atoms with Crippen molar-refractivity contribution >= 4 is 24.0 Å². The van der Waals surface area contributed by atoms with Crippen molar-refractivity contribution in [2.45, 2.75) is 31.9 Å². The molecule has 0 saturated carbocycles.